The van der Waals surface area contributed by atoms with Gasteiger partial charge in [0.25, 0.3) is 0 Å². The minimum absolute atomic E-state index is 0.383. The number of rotatable bonds is 13. The van der Waals surface area contributed by atoms with Crippen LogP contribution in [0.4, 0.5) is 11.4 Å². The van der Waals surface area contributed by atoms with Crippen molar-refractivity contribution < 1.29 is 0 Å². The van der Waals surface area contributed by atoms with Gasteiger partial charge in [-0.25, -0.2) is 0 Å². The number of unbranched alkanes of at least 4 members (excludes halogenated alkanes) is 1. The molecule has 0 aliphatic heterocycles. The number of hydrogen-bond acceptors (Lipinski definition) is 1. The van der Waals surface area contributed by atoms with E-state index in [2.05, 4.69) is 115 Å². The Morgan fingerprint density at radius 3 is 1.94 bits per heavy atom. The van der Waals surface area contributed by atoms with Crippen LogP contribution in [0.2, 0.25) is 0 Å². The molecular weight excluding hydrogens is 374 g/mol. The van der Waals surface area contributed by atoms with Crippen LogP contribution in [-0.4, -0.2) is 6.04 Å². The second-order valence-corrected chi connectivity index (χ2v) is 7.25. The molecule has 31 heavy (non-hydrogen) atoms. The Morgan fingerprint density at radius 1 is 0.742 bits per heavy atom. The fraction of sp³-hybridized carbons (Fsp3) is 0.200. The molecule has 0 fully saturated rings. The van der Waals surface area contributed by atoms with Crippen LogP contribution < -0.4 is 4.90 Å². The molecule has 0 aliphatic rings. The average molecular weight is 410 g/mol. The second-order valence-electron chi connectivity index (χ2n) is 7.25. The molecule has 2 rings (SSSR count). The Labute approximate surface area is 189 Å². The Morgan fingerprint density at radius 2 is 1.32 bits per heavy atom. The van der Waals surface area contributed by atoms with E-state index < -0.39 is 0 Å². The molecule has 0 saturated carbocycles. The van der Waals surface area contributed by atoms with Crippen molar-refractivity contribution in [3.63, 3.8) is 0 Å². The molecule has 0 aromatic heterocycles. The summed E-state index contributed by atoms with van der Waals surface area (Å²) in [5.41, 5.74) is 2.47. The lowest BCUT2D eigenvalue weighted by Gasteiger charge is -2.33. The third kappa shape index (κ3) is 9.35. The predicted octanol–water partition coefficient (Wildman–Crippen LogP) is 8.74. The largest absolute Gasteiger partial charge is 0.338 e. The lowest BCUT2D eigenvalue weighted by Crippen LogP contribution is -2.30. The lowest BCUT2D eigenvalue weighted by molar-refractivity contribution is 0.579. The molecule has 1 heteroatoms. The molecule has 1 nitrogen and oxygen atoms in total. The molecule has 0 radical (unpaired) electrons. The molecule has 0 saturated heterocycles. The molecule has 1 unspecified atom stereocenters. The monoisotopic (exact) mass is 409 g/mol. The maximum absolute atomic E-state index is 3.71. The summed E-state index contributed by atoms with van der Waals surface area (Å²) in [7, 11) is 0. The van der Waals surface area contributed by atoms with E-state index in [0.717, 1.165) is 25.7 Å². The molecular formula is C30H35N. The highest BCUT2D eigenvalue weighted by molar-refractivity contribution is 5.64. The fourth-order valence-electron chi connectivity index (χ4n) is 3.44. The van der Waals surface area contributed by atoms with E-state index in [0.29, 0.717) is 6.04 Å². The molecule has 0 spiro atoms. The van der Waals surface area contributed by atoms with Gasteiger partial charge >= 0.3 is 0 Å². The normalized spacial score (nSPS) is 13.2. The van der Waals surface area contributed by atoms with E-state index in [1.54, 1.807) is 6.08 Å². The van der Waals surface area contributed by atoms with E-state index in [9.17, 15) is 0 Å². The lowest BCUT2D eigenvalue weighted by atomic mass is 10.0. The number of anilines is 2. The maximum Gasteiger partial charge on any atom is 0.0413 e. The highest BCUT2D eigenvalue weighted by Crippen LogP contribution is 2.31. The Kier molecular flexibility index (Phi) is 12.0. The quantitative estimate of drug-likeness (QED) is 0.236. The Bertz CT molecular complexity index is 830. The average Bonchev–Trinajstić information content (AvgIpc) is 2.82. The zero-order valence-electron chi connectivity index (χ0n) is 18.7. The van der Waals surface area contributed by atoms with E-state index in [1.165, 1.54) is 11.4 Å². The summed E-state index contributed by atoms with van der Waals surface area (Å²) in [5, 5.41) is 0. The van der Waals surface area contributed by atoms with Crippen LogP contribution in [0.3, 0.4) is 0 Å². The van der Waals surface area contributed by atoms with Crippen molar-refractivity contribution in [2.45, 2.75) is 38.6 Å². The van der Waals surface area contributed by atoms with Gasteiger partial charge in [0, 0.05) is 17.4 Å². The smallest absolute Gasteiger partial charge is 0.0413 e. The van der Waals surface area contributed by atoms with Crippen LogP contribution in [0.25, 0.3) is 0 Å². The van der Waals surface area contributed by atoms with Gasteiger partial charge in [0.2, 0.25) is 0 Å². The third-order valence-electron chi connectivity index (χ3n) is 4.91. The van der Waals surface area contributed by atoms with E-state index in [1.807, 2.05) is 25.2 Å². The first-order valence-corrected chi connectivity index (χ1v) is 11.1. The molecule has 2 aromatic carbocycles. The first-order chi connectivity index (χ1) is 15.4. The highest BCUT2D eigenvalue weighted by Gasteiger charge is 2.19. The molecule has 2 aromatic rings. The van der Waals surface area contributed by atoms with Crippen LogP contribution >= 0.6 is 0 Å². The molecule has 0 amide bonds. The summed E-state index contributed by atoms with van der Waals surface area (Å²) in [5.74, 6) is 0. The molecule has 0 N–H and O–H groups in total. The zero-order valence-corrected chi connectivity index (χ0v) is 18.7. The SMILES string of the molecule is C=C/C=C\C=C/CCCC(C/C=C/C=C\C=C/C)N(c1ccccc1)c1ccccc1. The number of para-hydroxylation sites is 2. The molecule has 0 aliphatic carbocycles. The van der Waals surface area contributed by atoms with Crippen molar-refractivity contribution in [1.82, 2.24) is 0 Å². The van der Waals surface area contributed by atoms with Crippen molar-refractivity contribution in [3.05, 3.63) is 134 Å². The summed E-state index contributed by atoms with van der Waals surface area (Å²) in [6.45, 7) is 5.74. The summed E-state index contributed by atoms with van der Waals surface area (Å²) < 4.78 is 0. The van der Waals surface area contributed by atoms with E-state index >= 15 is 0 Å². The minimum Gasteiger partial charge on any atom is -0.338 e. The third-order valence-corrected chi connectivity index (χ3v) is 4.91. The topological polar surface area (TPSA) is 3.24 Å². The minimum atomic E-state index is 0.383. The van der Waals surface area contributed by atoms with Gasteiger partial charge in [0.1, 0.15) is 0 Å². The van der Waals surface area contributed by atoms with Gasteiger partial charge in [0.15, 0.2) is 0 Å². The first-order valence-electron chi connectivity index (χ1n) is 11.1. The van der Waals surface area contributed by atoms with E-state index in [-0.39, 0.29) is 0 Å². The van der Waals surface area contributed by atoms with Crippen LogP contribution in [0, 0.1) is 0 Å². The van der Waals surface area contributed by atoms with Gasteiger partial charge in [-0.2, -0.15) is 0 Å². The highest BCUT2D eigenvalue weighted by atomic mass is 15.2. The van der Waals surface area contributed by atoms with Gasteiger partial charge in [-0.15, -0.1) is 0 Å². The first kappa shape index (κ1) is 24.0. The number of allylic oxidation sites excluding steroid dienone is 10. The van der Waals surface area contributed by atoms with Gasteiger partial charge < -0.3 is 4.90 Å². The Balaban J connectivity index is 2.20. The van der Waals surface area contributed by atoms with E-state index in [4.69, 9.17) is 0 Å². The molecule has 1 atom stereocenters. The maximum atomic E-state index is 3.71. The summed E-state index contributed by atoms with van der Waals surface area (Å²) in [6, 6.07) is 21.8. The number of benzene rings is 2. The van der Waals surface area contributed by atoms with Crippen LogP contribution in [0.15, 0.2) is 134 Å². The van der Waals surface area contributed by atoms with Crippen LogP contribution in [0.1, 0.15) is 32.6 Å². The van der Waals surface area contributed by atoms with Gasteiger partial charge in [-0.05, 0) is 56.9 Å². The molecule has 0 heterocycles. The Hall–Kier alpha value is -3.32. The number of hydrogen-bond donors (Lipinski definition) is 0. The molecule has 0 bridgehead atoms. The number of nitrogens with zero attached hydrogens (tertiary/aromatic N) is 1. The van der Waals surface area contributed by atoms with Crippen molar-refractivity contribution in [2.24, 2.45) is 0 Å². The van der Waals surface area contributed by atoms with Crippen LogP contribution in [0.5, 0.6) is 0 Å². The van der Waals surface area contributed by atoms with Crippen LogP contribution in [-0.2, 0) is 0 Å². The predicted molar refractivity (Wildman–Crippen MR) is 139 cm³/mol. The van der Waals surface area contributed by atoms with Gasteiger partial charge in [-0.3, -0.25) is 0 Å². The second kappa shape index (κ2) is 15.5. The van der Waals surface area contributed by atoms with Crippen molar-refractivity contribution in [1.29, 1.82) is 0 Å². The fourth-order valence-corrected chi connectivity index (χ4v) is 3.44. The standard InChI is InChI=1S/C30H35N/c1-3-5-7-9-11-13-17-23-28(22-16-12-10-8-6-4-2)31(29-24-18-14-19-25-29)30-26-20-15-21-27-30/h3-12,14-16,18-21,24-28H,1,13,17,22-23H2,2H3/b6-4-,7-5-,10-8-,11-9-,16-12+. The summed E-state index contributed by atoms with van der Waals surface area (Å²) in [6.07, 6.45) is 27.1. The van der Waals surface area contributed by atoms with Crippen molar-refractivity contribution >= 4 is 11.4 Å². The van der Waals surface area contributed by atoms with Crippen molar-refractivity contribution in [2.75, 3.05) is 4.90 Å². The zero-order chi connectivity index (χ0) is 22.0. The van der Waals surface area contributed by atoms with Gasteiger partial charge in [0.05, 0.1) is 0 Å². The summed E-state index contributed by atoms with van der Waals surface area (Å²) in [4.78, 5) is 2.49. The van der Waals surface area contributed by atoms with Crippen molar-refractivity contribution in [3.8, 4) is 0 Å². The van der Waals surface area contributed by atoms with Gasteiger partial charge in [-0.1, -0.05) is 110 Å². The summed E-state index contributed by atoms with van der Waals surface area (Å²) >= 11 is 0. The molecule has 160 valence electrons.